The molecule has 0 radical (unpaired) electrons. The minimum absolute atomic E-state index is 0.0290. The van der Waals surface area contributed by atoms with Crippen molar-refractivity contribution in [2.75, 3.05) is 0 Å². The van der Waals surface area contributed by atoms with Crippen molar-refractivity contribution in [3.63, 3.8) is 0 Å². The van der Waals surface area contributed by atoms with Gasteiger partial charge in [0, 0.05) is 16.9 Å². The van der Waals surface area contributed by atoms with Crippen molar-refractivity contribution in [1.29, 1.82) is 0 Å². The predicted octanol–water partition coefficient (Wildman–Crippen LogP) is 2.53. The summed E-state index contributed by atoms with van der Waals surface area (Å²) in [5.74, 6) is -1.14. The number of aromatic nitrogens is 1. The standard InChI is InChI=1S/C15H16N2O4S/c1-8-11(9(2)21-16-8)7-17-13(18)6-10(15(19)20)14(17)12-4-3-5-22-12/h3-5,10,14H,6-7H2,1-2H3,(H,19,20). The van der Waals surface area contributed by atoms with Crippen LogP contribution in [0.1, 0.15) is 34.4 Å². The monoisotopic (exact) mass is 320 g/mol. The van der Waals surface area contributed by atoms with Gasteiger partial charge in [-0.05, 0) is 25.3 Å². The highest BCUT2D eigenvalue weighted by molar-refractivity contribution is 7.10. The van der Waals surface area contributed by atoms with Gasteiger partial charge in [0.1, 0.15) is 5.76 Å². The van der Waals surface area contributed by atoms with Crippen LogP contribution in [0.4, 0.5) is 0 Å². The van der Waals surface area contributed by atoms with Crippen molar-refractivity contribution in [1.82, 2.24) is 10.1 Å². The third-order valence-electron chi connectivity index (χ3n) is 4.09. The lowest BCUT2D eigenvalue weighted by Crippen LogP contribution is -2.30. The number of carbonyl (C=O) groups is 2. The first kappa shape index (κ1) is 14.8. The molecule has 1 fully saturated rings. The smallest absolute Gasteiger partial charge is 0.309 e. The average Bonchev–Trinajstić information content (AvgIpc) is 3.15. The number of aliphatic carboxylic acids is 1. The van der Waals surface area contributed by atoms with Crippen molar-refractivity contribution >= 4 is 23.2 Å². The largest absolute Gasteiger partial charge is 0.481 e. The fourth-order valence-corrected chi connectivity index (χ4v) is 3.81. The molecular formula is C15H16N2O4S. The van der Waals surface area contributed by atoms with Crippen LogP contribution in [0.5, 0.6) is 0 Å². The lowest BCUT2D eigenvalue weighted by molar-refractivity contribution is -0.142. The zero-order valence-electron chi connectivity index (χ0n) is 12.3. The highest BCUT2D eigenvalue weighted by Gasteiger charge is 2.45. The molecule has 3 heterocycles. The summed E-state index contributed by atoms with van der Waals surface area (Å²) in [6, 6.07) is 3.32. The molecule has 0 bridgehead atoms. The molecule has 116 valence electrons. The molecule has 1 amide bonds. The Kier molecular flexibility index (Phi) is 3.74. The molecule has 1 N–H and O–H groups in total. The second-order valence-corrected chi connectivity index (χ2v) is 6.41. The third kappa shape index (κ3) is 2.41. The molecule has 3 rings (SSSR count). The molecule has 22 heavy (non-hydrogen) atoms. The SMILES string of the molecule is Cc1noc(C)c1CN1C(=O)CC(C(=O)O)C1c1cccs1. The van der Waals surface area contributed by atoms with Crippen LogP contribution in [-0.2, 0) is 16.1 Å². The van der Waals surface area contributed by atoms with Crippen LogP contribution >= 0.6 is 11.3 Å². The van der Waals surface area contributed by atoms with Crippen LogP contribution in [0.25, 0.3) is 0 Å². The van der Waals surface area contributed by atoms with Crippen molar-refractivity contribution in [2.45, 2.75) is 32.9 Å². The number of carboxylic acids is 1. The zero-order valence-corrected chi connectivity index (χ0v) is 13.1. The van der Waals surface area contributed by atoms with E-state index < -0.39 is 17.9 Å². The second kappa shape index (κ2) is 5.57. The van der Waals surface area contributed by atoms with Gasteiger partial charge < -0.3 is 14.5 Å². The van der Waals surface area contributed by atoms with Crippen molar-refractivity contribution in [2.24, 2.45) is 5.92 Å². The Morgan fingerprint density at radius 3 is 2.86 bits per heavy atom. The fraction of sp³-hybridized carbons (Fsp3) is 0.400. The first-order chi connectivity index (χ1) is 10.5. The van der Waals surface area contributed by atoms with Gasteiger partial charge in [0.05, 0.1) is 24.2 Å². The molecule has 1 saturated heterocycles. The quantitative estimate of drug-likeness (QED) is 0.936. The molecular weight excluding hydrogens is 304 g/mol. The Morgan fingerprint density at radius 1 is 1.55 bits per heavy atom. The number of aryl methyl sites for hydroxylation is 2. The Balaban J connectivity index is 1.97. The molecule has 2 aromatic heterocycles. The van der Waals surface area contributed by atoms with E-state index in [-0.39, 0.29) is 12.3 Å². The Morgan fingerprint density at radius 2 is 2.32 bits per heavy atom. The summed E-state index contributed by atoms with van der Waals surface area (Å²) in [5, 5.41) is 15.2. The van der Waals surface area contributed by atoms with Gasteiger partial charge in [-0.2, -0.15) is 0 Å². The van der Waals surface area contributed by atoms with Crippen LogP contribution in [-0.4, -0.2) is 27.0 Å². The number of carboxylic acid groups (broad SMARTS) is 1. The lowest BCUT2D eigenvalue weighted by Gasteiger charge is -2.26. The minimum atomic E-state index is -0.937. The first-order valence-electron chi connectivity index (χ1n) is 6.96. The summed E-state index contributed by atoms with van der Waals surface area (Å²) in [6.45, 7) is 3.94. The van der Waals surface area contributed by atoms with E-state index >= 15 is 0 Å². The van der Waals surface area contributed by atoms with E-state index in [1.807, 2.05) is 24.4 Å². The Labute approximate surface area is 131 Å². The number of amides is 1. The van der Waals surface area contributed by atoms with Crippen LogP contribution in [0.2, 0.25) is 0 Å². The van der Waals surface area contributed by atoms with Gasteiger partial charge in [0.15, 0.2) is 0 Å². The van der Waals surface area contributed by atoms with Gasteiger partial charge in [0.25, 0.3) is 0 Å². The maximum atomic E-state index is 12.4. The number of nitrogens with zero attached hydrogens (tertiary/aromatic N) is 2. The number of likely N-dealkylation sites (tertiary alicyclic amines) is 1. The van der Waals surface area contributed by atoms with E-state index in [4.69, 9.17) is 4.52 Å². The van der Waals surface area contributed by atoms with Gasteiger partial charge in [-0.25, -0.2) is 0 Å². The van der Waals surface area contributed by atoms with Crippen molar-refractivity contribution in [3.8, 4) is 0 Å². The summed E-state index contributed by atoms with van der Waals surface area (Å²) in [7, 11) is 0. The van der Waals surface area contributed by atoms with Gasteiger partial charge in [-0.3, -0.25) is 9.59 Å². The molecule has 0 aromatic carbocycles. The molecule has 7 heteroatoms. The van der Waals surface area contributed by atoms with Gasteiger partial charge >= 0.3 is 5.97 Å². The highest BCUT2D eigenvalue weighted by Crippen LogP contribution is 2.41. The number of rotatable bonds is 4. The summed E-state index contributed by atoms with van der Waals surface area (Å²) in [6.07, 6.45) is 0.0290. The molecule has 0 spiro atoms. The number of carbonyl (C=O) groups excluding carboxylic acids is 1. The zero-order chi connectivity index (χ0) is 15.9. The van der Waals surface area contributed by atoms with E-state index in [1.54, 1.807) is 11.8 Å². The molecule has 2 aromatic rings. The Hall–Kier alpha value is -2.15. The van der Waals surface area contributed by atoms with Gasteiger partial charge in [-0.15, -0.1) is 11.3 Å². The topological polar surface area (TPSA) is 83.6 Å². The van der Waals surface area contributed by atoms with Crippen molar-refractivity contribution in [3.05, 3.63) is 39.4 Å². The molecule has 2 atom stereocenters. The number of thiophene rings is 1. The molecule has 2 unspecified atom stereocenters. The number of hydrogen-bond donors (Lipinski definition) is 1. The van der Waals surface area contributed by atoms with Crippen LogP contribution in [0.3, 0.4) is 0 Å². The maximum absolute atomic E-state index is 12.4. The Bertz CT molecular complexity index is 688. The van der Waals surface area contributed by atoms with E-state index in [1.165, 1.54) is 11.3 Å². The highest BCUT2D eigenvalue weighted by atomic mass is 32.1. The summed E-state index contributed by atoms with van der Waals surface area (Å²) in [4.78, 5) is 26.4. The lowest BCUT2D eigenvalue weighted by atomic mass is 9.99. The van der Waals surface area contributed by atoms with Gasteiger partial charge in [0.2, 0.25) is 5.91 Å². The van der Waals surface area contributed by atoms with E-state index in [2.05, 4.69) is 5.16 Å². The summed E-state index contributed by atoms with van der Waals surface area (Å²) in [5.41, 5.74) is 1.58. The van der Waals surface area contributed by atoms with E-state index in [0.29, 0.717) is 12.3 Å². The van der Waals surface area contributed by atoms with E-state index in [0.717, 1.165) is 16.1 Å². The maximum Gasteiger partial charge on any atom is 0.309 e. The minimum Gasteiger partial charge on any atom is -0.481 e. The predicted molar refractivity (Wildman–Crippen MR) is 79.3 cm³/mol. The van der Waals surface area contributed by atoms with Crippen LogP contribution < -0.4 is 0 Å². The third-order valence-corrected chi connectivity index (χ3v) is 5.04. The van der Waals surface area contributed by atoms with Crippen LogP contribution in [0.15, 0.2) is 22.0 Å². The summed E-state index contributed by atoms with van der Waals surface area (Å²) >= 11 is 1.47. The molecule has 1 aliphatic heterocycles. The fourth-order valence-electron chi connectivity index (χ4n) is 2.91. The first-order valence-corrected chi connectivity index (χ1v) is 7.84. The van der Waals surface area contributed by atoms with Gasteiger partial charge in [-0.1, -0.05) is 11.2 Å². The second-order valence-electron chi connectivity index (χ2n) is 5.43. The molecule has 0 saturated carbocycles. The molecule has 0 aliphatic carbocycles. The van der Waals surface area contributed by atoms with Crippen molar-refractivity contribution < 1.29 is 19.2 Å². The van der Waals surface area contributed by atoms with E-state index in [9.17, 15) is 14.7 Å². The summed E-state index contributed by atoms with van der Waals surface area (Å²) < 4.78 is 5.14. The molecule has 6 nitrogen and oxygen atoms in total. The normalized spacial score (nSPS) is 21.5. The van der Waals surface area contributed by atoms with Crippen LogP contribution in [0, 0.1) is 19.8 Å². The number of hydrogen-bond acceptors (Lipinski definition) is 5. The molecule has 1 aliphatic rings. The average molecular weight is 320 g/mol.